The van der Waals surface area contributed by atoms with Crippen LogP contribution in [0, 0.1) is 0 Å². The lowest BCUT2D eigenvalue weighted by molar-refractivity contribution is -0.131. The van der Waals surface area contributed by atoms with Crippen molar-refractivity contribution < 1.29 is 22.2 Å². The molecule has 0 atom stereocenters. The zero-order chi connectivity index (χ0) is 17.7. The summed E-state index contributed by atoms with van der Waals surface area (Å²) in [5.74, 6) is -2.66. The molecule has 0 spiro atoms. The molecular formula is C12H6N6O5S. The highest BCUT2D eigenvalue weighted by atomic mass is 32.2. The van der Waals surface area contributed by atoms with Crippen molar-refractivity contribution >= 4 is 21.7 Å². The average molecular weight is 346 g/mol. The first-order valence-electron chi connectivity index (χ1n) is 6.05. The van der Waals surface area contributed by atoms with Crippen molar-refractivity contribution in [3.63, 3.8) is 0 Å². The van der Waals surface area contributed by atoms with E-state index in [1.54, 1.807) is 6.07 Å². The van der Waals surface area contributed by atoms with Gasteiger partial charge in [0.2, 0.25) is 11.6 Å². The van der Waals surface area contributed by atoms with Gasteiger partial charge in [-0.25, -0.2) is 0 Å². The Bertz CT molecular complexity index is 982. The second-order valence-corrected chi connectivity index (χ2v) is 5.61. The maximum absolute atomic E-state index is 12.4. The fourth-order valence-corrected chi connectivity index (χ4v) is 2.92. The zero-order valence-corrected chi connectivity index (χ0v) is 12.4. The topological polar surface area (TPSA) is 175 Å². The summed E-state index contributed by atoms with van der Waals surface area (Å²) < 4.78 is 29.7. The summed E-state index contributed by atoms with van der Waals surface area (Å²) in [5.41, 5.74) is 15.3. The quantitative estimate of drug-likeness (QED) is 0.198. The predicted molar refractivity (Wildman–Crippen MR) is 79.4 cm³/mol. The van der Waals surface area contributed by atoms with Gasteiger partial charge in [0.25, 0.3) is 0 Å². The number of carbonyl (C=O) groups excluding carboxylic acids is 2. The molecule has 0 saturated heterocycles. The van der Waals surface area contributed by atoms with Crippen LogP contribution in [-0.2, 0) is 19.7 Å². The molecular weight excluding hydrogens is 340 g/mol. The Morgan fingerprint density at radius 1 is 1.00 bits per heavy atom. The number of nitrogens with zero attached hydrogens (tertiary/aromatic N) is 6. The summed E-state index contributed by atoms with van der Waals surface area (Å²) in [6.07, 6.45) is 0.527. The summed E-state index contributed by atoms with van der Waals surface area (Å²) in [5, 5.41) is 6.00. The number of para-hydroxylation sites is 1. The van der Waals surface area contributed by atoms with Crippen molar-refractivity contribution in [1.82, 2.24) is 0 Å². The van der Waals surface area contributed by atoms with Gasteiger partial charge in [0.1, 0.15) is 16.4 Å². The highest BCUT2D eigenvalue weighted by molar-refractivity contribution is 7.91. The summed E-state index contributed by atoms with van der Waals surface area (Å²) in [4.78, 5) is 27.1. The summed E-state index contributed by atoms with van der Waals surface area (Å²) in [6.45, 7) is 0. The summed E-state index contributed by atoms with van der Waals surface area (Å²) in [7, 11) is -4.73. The molecule has 1 aromatic rings. The standard InChI is InChI=1S/C12H6N6O5S/c13-17-15-8-6-9(19)11(20)10(16-18-14)12(8)24(21,22)23-7-4-2-1-3-5-7/h1-6H. The number of carbonyl (C=O) groups is 2. The number of allylic oxidation sites excluding steroid dienone is 2. The second-order valence-electron chi connectivity index (χ2n) is 4.13. The zero-order valence-electron chi connectivity index (χ0n) is 11.6. The minimum absolute atomic E-state index is 0.102. The first-order valence-corrected chi connectivity index (χ1v) is 7.46. The third-order valence-electron chi connectivity index (χ3n) is 2.65. The number of Topliss-reactive ketones (excluding diaryl/α,β-unsaturated/α-hetero) is 1. The van der Waals surface area contributed by atoms with E-state index in [0.717, 1.165) is 0 Å². The number of hydrogen-bond donors (Lipinski definition) is 0. The molecule has 1 aromatic carbocycles. The molecule has 120 valence electrons. The highest BCUT2D eigenvalue weighted by Gasteiger charge is 2.36. The Labute approximate surface area is 134 Å². The van der Waals surface area contributed by atoms with Crippen LogP contribution in [0.25, 0.3) is 20.9 Å². The van der Waals surface area contributed by atoms with Crippen LogP contribution in [0.15, 0.2) is 62.9 Å². The van der Waals surface area contributed by atoms with E-state index in [1.165, 1.54) is 24.3 Å². The average Bonchev–Trinajstić information content (AvgIpc) is 2.53. The first-order chi connectivity index (χ1) is 11.4. The van der Waals surface area contributed by atoms with E-state index in [0.29, 0.717) is 6.08 Å². The molecule has 1 aliphatic rings. The number of hydrogen-bond acceptors (Lipinski definition) is 7. The molecule has 0 fully saturated rings. The monoisotopic (exact) mass is 346 g/mol. The lowest BCUT2D eigenvalue weighted by Gasteiger charge is -2.15. The van der Waals surface area contributed by atoms with Crippen molar-refractivity contribution in [1.29, 1.82) is 0 Å². The molecule has 0 amide bonds. The van der Waals surface area contributed by atoms with Gasteiger partial charge in [-0.3, -0.25) is 9.59 Å². The van der Waals surface area contributed by atoms with Crippen LogP contribution in [0.1, 0.15) is 0 Å². The van der Waals surface area contributed by atoms with E-state index in [4.69, 9.17) is 15.2 Å². The summed E-state index contributed by atoms with van der Waals surface area (Å²) >= 11 is 0. The van der Waals surface area contributed by atoms with E-state index < -0.39 is 38.0 Å². The normalized spacial score (nSPS) is 14.4. The lowest BCUT2D eigenvalue weighted by Crippen LogP contribution is -2.25. The lowest BCUT2D eigenvalue weighted by atomic mass is 10.1. The summed E-state index contributed by atoms with van der Waals surface area (Å²) in [6, 6.07) is 7.23. The second kappa shape index (κ2) is 6.67. The Hall–Kier alpha value is -3.59. The maximum Gasteiger partial charge on any atom is 0.340 e. The molecule has 0 radical (unpaired) electrons. The Morgan fingerprint density at radius 2 is 1.62 bits per heavy atom. The molecule has 0 saturated carbocycles. The number of ketones is 2. The SMILES string of the molecule is [N-]=[N+]=NC1=CC(=O)C(=O)C(N=[N+]=[N-])=C1S(=O)(=O)Oc1ccccc1. The molecule has 2 rings (SSSR count). The van der Waals surface area contributed by atoms with Crippen molar-refractivity contribution in [2.24, 2.45) is 10.2 Å². The van der Waals surface area contributed by atoms with Crippen molar-refractivity contribution in [2.45, 2.75) is 0 Å². The van der Waals surface area contributed by atoms with Crippen LogP contribution in [0.5, 0.6) is 5.75 Å². The molecule has 0 aliphatic heterocycles. The Morgan fingerprint density at radius 3 is 2.21 bits per heavy atom. The van der Waals surface area contributed by atoms with Crippen LogP contribution in [0.4, 0.5) is 0 Å². The van der Waals surface area contributed by atoms with Crippen molar-refractivity contribution in [3.8, 4) is 5.75 Å². The van der Waals surface area contributed by atoms with Gasteiger partial charge < -0.3 is 4.18 Å². The molecule has 0 unspecified atom stereocenters. The van der Waals surface area contributed by atoms with Crippen LogP contribution >= 0.6 is 0 Å². The van der Waals surface area contributed by atoms with E-state index in [1.807, 2.05) is 0 Å². The van der Waals surface area contributed by atoms with Gasteiger partial charge in [0, 0.05) is 15.9 Å². The van der Waals surface area contributed by atoms with Gasteiger partial charge in [-0.1, -0.05) is 28.4 Å². The molecule has 0 bridgehead atoms. The van der Waals surface area contributed by atoms with Gasteiger partial charge in [-0.2, -0.15) is 8.42 Å². The van der Waals surface area contributed by atoms with E-state index in [-0.39, 0.29) is 5.75 Å². The Kier molecular flexibility index (Phi) is 4.66. The van der Waals surface area contributed by atoms with Crippen LogP contribution in [0.2, 0.25) is 0 Å². The van der Waals surface area contributed by atoms with Gasteiger partial charge in [-0.15, -0.1) is 0 Å². The minimum atomic E-state index is -4.73. The molecule has 0 aromatic heterocycles. The first kappa shape index (κ1) is 16.8. The molecule has 11 nitrogen and oxygen atoms in total. The fraction of sp³-hybridized carbons (Fsp3) is 0. The highest BCUT2D eigenvalue weighted by Crippen LogP contribution is 2.30. The molecule has 0 N–H and O–H groups in total. The van der Waals surface area contributed by atoms with E-state index in [9.17, 15) is 18.0 Å². The predicted octanol–water partition coefficient (Wildman–Crippen LogP) is 2.26. The van der Waals surface area contributed by atoms with Crippen molar-refractivity contribution in [3.05, 3.63) is 73.6 Å². The van der Waals surface area contributed by atoms with Gasteiger partial charge in [0.15, 0.2) is 0 Å². The third-order valence-corrected chi connectivity index (χ3v) is 3.97. The Balaban J connectivity index is 2.69. The molecule has 12 heteroatoms. The largest absolute Gasteiger partial charge is 0.379 e. The number of rotatable bonds is 5. The molecule has 24 heavy (non-hydrogen) atoms. The fourth-order valence-electron chi connectivity index (χ4n) is 1.75. The molecule has 0 heterocycles. The van der Waals surface area contributed by atoms with Gasteiger partial charge >= 0.3 is 10.1 Å². The molecule has 1 aliphatic carbocycles. The van der Waals surface area contributed by atoms with Gasteiger partial charge in [-0.05, 0) is 23.2 Å². The number of azide groups is 2. The van der Waals surface area contributed by atoms with E-state index in [2.05, 4.69) is 20.1 Å². The number of benzene rings is 1. The van der Waals surface area contributed by atoms with Crippen LogP contribution in [-0.4, -0.2) is 20.0 Å². The van der Waals surface area contributed by atoms with Gasteiger partial charge in [0.05, 0.1) is 5.70 Å². The van der Waals surface area contributed by atoms with E-state index >= 15 is 0 Å². The minimum Gasteiger partial charge on any atom is -0.379 e. The maximum atomic E-state index is 12.4. The van der Waals surface area contributed by atoms with Crippen LogP contribution < -0.4 is 4.18 Å². The third kappa shape index (κ3) is 3.25. The van der Waals surface area contributed by atoms with Crippen molar-refractivity contribution in [2.75, 3.05) is 0 Å². The smallest absolute Gasteiger partial charge is 0.340 e. The van der Waals surface area contributed by atoms with Crippen LogP contribution in [0.3, 0.4) is 0 Å².